The molecule has 3 aromatic rings. The van der Waals surface area contributed by atoms with Crippen molar-refractivity contribution in [3.63, 3.8) is 0 Å². The molecule has 0 aliphatic rings. The Balaban J connectivity index is 1.45. The lowest BCUT2D eigenvalue weighted by molar-refractivity contribution is 0.117. The number of rotatable bonds is 15. The molecule has 0 spiro atoms. The predicted octanol–water partition coefficient (Wildman–Crippen LogP) is 5.85. The van der Waals surface area contributed by atoms with Crippen molar-refractivity contribution in [1.82, 2.24) is 5.32 Å². The molecule has 3 N–H and O–H groups in total. The van der Waals surface area contributed by atoms with Crippen LogP contribution in [0.2, 0.25) is 0 Å². The Morgan fingerprint density at radius 3 is 1.94 bits per heavy atom. The van der Waals surface area contributed by atoms with Gasteiger partial charge in [-0.25, -0.2) is 0 Å². The molecular weight excluding hydrogens is 424 g/mol. The average Bonchev–Trinajstić information content (AvgIpc) is 2.89. The molecule has 0 aliphatic heterocycles. The molecule has 4 heteroatoms. The van der Waals surface area contributed by atoms with Crippen LogP contribution in [-0.4, -0.2) is 37.2 Å². The van der Waals surface area contributed by atoms with Crippen molar-refractivity contribution in [3.8, 4) is 0 Å². The lowest BCUT2D eigenvalue weighted by Crippen LogP contribution is -2.39. The van der Waals surface area contributed by atoms with Crippen LogP contribution in [0.1, 0.15) is 41.9 Å². The van der Waals surface area contributed by atoms with E-state index < -0.39 is 0 Å². The highest BCUT2D eigenvalue weighted by Gasteiger charge is 2.17. The van der Waals surface area contributed by atoms with Crippen LogP contribution in [0.3, 0.4) is 0 Å². The number of ether oxygens (including phenoxy) is 1. The monoisotopic (exact) mass is 462 g/mol. The van der Waals surface area contributed by atoms with Crippen LogP contribution in [0.25, 0.3) is 0 Å². The van der Waals surface area contributed by atoms with Crippen LogP contribution in [0.4, 0.5) is 0 Å². The normalized spacial score (nSPS) is 13.2. The minimum atomic E-state index is 0.323. The molecule has 0 radical (unpaired) electrons. The fraction of sp³-hybridized carbons (Fsp3) is 0.379. The van der Waals surface area contributed by atoms with Crippen molar-refractivity contribution in [2.45, 2.75) is 43.1 Å². The lowest BCUT2D eigenvalue weighted by atomic mass is 9.88. The van der Waals surface area contributed by atoms with Crippen LogP contribution in [0.5, 0.6) is 0 Å². The number of nitrogens with one attached hydrogen (secondary N) is 1. The van der Waals surface area contributed by atoms with Gasteiger partial charge in [-0.05, 0) is 48.8 Å². The van der Waals surface area contributed by atoms with Gasteiger partial charge in [0, 0.05) is 30.4 Å². The van der Waals surface area contributed by atoms with E-state index >= 15 is 0 Å². The number of thioether (sulfide) groups is 1. The third-order valence-electron chi connectivity index (χ3n) is 6.13. The van der Waals surface area contributed by atoms with E-state index in [-0.39, 0.29) is 0 Å². The zero-order valence-electron chi connectivity index (χ0n) is 19.7. The van der Waals surface area contributed by atoms with E-state index in [4.69, 9.17) is 10.5 Å². The topological polar surface area (TPSA) is 47.3 Å². The molecule has 33 heavy (non-hydrogen) atoms. The summed E-state index contributed by atoms with van der Waals surface area (Å²) in [5, 5.41) is 4.28. The molecule has 0 heterocycles. The van der Waals surface area contributed by atoms with E-state index in [9.17, 15) is 0 Å². The molecule has 2 unspecified atom stereocenters. The highest BCUT2D eigenvalue weighted by molar-refractivity contribution is 7.99. The summed E-state index contributed by atoms with van der Waals surface area (Å²) in [6.45, 7) is 3.06. The van der Waals surface area contributed by atoms with Gasteiger partial charge in [0.2, 0.25) is 0 Å². The highest BCUT2D eigenvalue weighted by Crippen LogP contribution is 2.27. The maximum absolute atomic E-state index is 6.14. The molecule has 2 atom stereocenters. The third kappa shape index (κ3) is 8.98. The summed E-state index contributed by atoms with van der Waals surface area (Å²) in [6, 6.07) is 32.3. The summed E-state index contributed by atoms with van der Waals surface area (Å²) >= 11 is 1.92. The molecule has 3 aromatic carbocycles. The van der Waals surface area contributed by atoms with Crippen molar-refractivity contribution in [1.29, 1.82) is 0 Å². The average molecular weight is 463 g/mol. The van der Waals surface area contributed by atoms with Crippen molar-refractivity contribution < 1.29 is 4.74 Å². The molecule has 0 saturated heterocycles. The minimum absolute atomic E-state index is 0.323. The molecule has 0 saturated carbocycles. The zero-order valence-corrected chi connectivity index (χ0v) is 20.6. The van der Waals surface area contributed by atoms with E-state index in [2.05, 4.69) is 96.5 Å². The van der Waals surface area contributed by atoms with Crippen molar-refractivity contribution in [3.05, 3.63) is 108 Å². The van der Waals surface area contributed by atoms with Gasteiger partial charge in [-0.3, -0.25) is 0 Å². The first-order valence-corrected chi connectivity index (χ1v) is 13.3. The number of benzene rings is 3. The van der Waals surface area contributed by atoms with Gasteiger partial charge in [0.15, 0.2) is 0 Å². The Morgan fingerprint density at radius 2 is 1.39 bits per heavy atom. The van der Waals surface area contributed by atoms with Gasteiger partial charge in [0.1, 0.15) is 0 Å². The Bertz CT molecular complexity index is 836. The zero-order chi connectivity index (χ0) is 23.1. The molecule has 3 rings (SSSR count). The standard InChI is InChI=1S/C29H38N2OS/c1-33-28(18-20-32-23-24-11-5-2-6-12-24)21-27(22-30)31-19-17-29(25-13-7-3-8-14-25)26-15-9-4-10-16-26/h2-16,27-29,31H,17-23,30H2,1H3. The second kappa shape index (κ2) is 14.9. The fourth-order valence-electron chi connectivity index (χ4n) is 4.22. The van der Waals surface area contributed by atoms with Gasteiger partial charge in [0.25, 0.3) is 0 Å². The largest absolute Gasteiger partial charge is 0.377 e. The SMILES string of the molecule is CSC(CCOCc1ccccc1)CC(CN)NCCC(c1ccccc1)c1ccccc1. The number of nitrogens with two attached hydrogens (primary N) is 1. The Labute approximate surface area is 204 Å². The van der Waals surface area contributed by atoms with Crippen LogP contribution in [-0.2, 0) is 11.3 Å². The molecule has 0 aromatic heterocycles. The Morgan fingerprint density at radius 1 is 0.818 bits per heavy atom. The fourth-order valence-corrected chi connectivity index (χ4v) is 4.98. The van der Waals surface area contributed by atoms with Crippen LogP contribution < -0.4 is 11.1 Å². The van der Waals surface area contributed by atoms with Gasteiger partial charge in [-0.1, -0.05) is 91.0 Å². The van der Waals surface area contributed by atoms with Crippen LogP contribution >= 0.6 is 11.8 Å². The quantitative estimate of drug-likeness (QED) is 0.278. The third-order valence-corrected chi connectivity index (χ3v) is 7.23. The van der Waals surface area contributed by atoms with Gasteiger partial charge >= 0.3 is 0 Å². The predicted molar refractivity (Wildman–Crippen MR) is 143 cm³/mol. The Kier molecular flexibility index (Phi) is 11.5. The molecule has 3 nitrogen and oxygen atoms in total. The van der Waals surface area contributed by atoms with Crippen molar-refractivity contribution in [2.75, 3.05) is 26.0 Å². The van der Waals surface area contributed by atoms with Gasteiger partial charge in [0.05, 0.1) is 6.61 Å². The first-order chi connectivity index (χ1) is 16.3. The van der Waals surface area contributed by atoms with Crippen molar-refractivity contribution in [2.24, 2.45) is 5.73 Å². The van der Waals surface area contributed by atoms with Gasteiger partial charge in [-0.15, -0.1) is 0 Å². The summed E-state index contributed by atoms with van der Waals surface area (Å²) in [6.07, 6.45) is 5.35. The van der Waals surface area contributed by atoms with Crippen molar-refractivity contribution >= 4 is 11.8 Å². The maximum atomic E-state index is 6.14. The van der Waals surface area contributed by atoms with Crippen LogP contribution in [0.15, 0.2) is 91.0 Å². The lowest BCUT2D eigenvalue weighted by Gasteiger charge is -2.24. The molecule has 0 aliphatic carbocycles. The first kappa shape index (κ1) is 25.5. The molecule has 176 valence electrons. The Hall–Kier alpha value is -2.11. The maximum Gasteiger partial charge on any atom is 0.0716 e. The number of hydrogen-bond acceptors (Lipinski definition) is 4. The second-order valence-electron chi connectivity index (χ2n) is 8.47. The van der Waals surface area contributed by atoms with Crippen LogP contribution in [0, 0.1) is 0 Å². The second-order valence-corrected chi connectivity index (χ2v) is 9.61. The molecule has 0 amide bonds. The highest BCUT2D eigenvalue weighted by atomic mass is 32.2. The summed E-state index contributed by atoms with van der Waals surface area (Å²) in [5.41, 5.74) is 10.1. The van der Waals surface area contributed by atoms with E-state index in [0.717, 1.165) is 32.4 Å². The van der Waals surface area contributed by atoms with E-state index in [1.165, 1.54) is 16.7 Å². The summed E-state index contributed by atoms with van der Waals surface area (Å²) in [4.78, 5) is 0. The van der Waals surface area contributed by atoms with E-state index in [1.54, 1.807) is 0 Å². The summed E-state index contributed by atoms with van der Waals surface area (Å²) in [7, 11) is 0. The number of hydrogen-bond donors (Lipinski definition) is 2. The van der Waals surface area contributed by atoms with E-state index in [0.29, 0.717) is 30.4 Å². The summed E-state index contributed by atoms with van der Waals surface area (Å²) < 4.78 is 5.91. The smallest absolute Gasteiger partial charge is 0.0716 e. The van der Waals surface area contributed by atoms with Gasteiger partial charge < -0.3 is 15.8 Å². The van der Waals surface area contributed by atoms with E-state index in [1.807, 2.05) is 17.8 Å². The summed E-state index contributed by atoms with van der Waals surface area (Å²) in [5.74, 6) is 0.390. The molecule has 0 fully saturated rings. The van der Waals surface area contributed by atoms with Gasteiger partial charge in [-0.2, -0.15) is 11.8 Å². The minimum Gasteiger partial charge on any atom is -0.377 e. The molecule has 0 bridgehead atoms. The first-order valence-electron chi connectivity index (χ1n) is 12.0. The molecular formula is C29H38N2OS.